The van der Waals surface area contributed by atoms with Crippen LogP contribution in [-0.2, 0) is 11.3 Å². The highest BCUT2D eigenvalue weighted by Gasteiger charge is 2.13. The topological polar surface area (TPSA) is 37.4 Å². The van der Waals surface area contributed by atoms with Crippen molar-refractivity contribution in [1.82, 2.24) is 15.2 Å². The highest BCUT2D eigenvalue weighted by atomic mass is 16.5. The lowest BCUT2D eigenvalue weighted by Crippen LogP contribution is -2.39. The Bertz CT molecular complexity index is 339. The van der Waals surface area contributed by atoms with E-state index in [0.29, 0.717) is 6.04 Å². The average Bonchev–Trinajstić information content (AvgIpc) is 2.48. The van der Waals surface area contributed by atoms with Crippen molar-refractivity contribution in [3.8, 4) is 0 Å². The smallest absolute Gasteiger partial charge is 0.0543 e. The highest BCUT2D eigenvalue weighted by molar-refractivity contribution is 5.03. The minimum atomic E-state index is 0.641. The molecule has 106 valence electrons. The number of hydrogen-bond acceptors (Lipinski definition) is 4. The molecule has 0 saturated carbocycles. The fourth-order valence-electron chi connectivity index (χ4n) is 2.40. The molecule has 0 atom stereocenters. The molecule has 1 aliphatic rings. The molecular formula is C15H25N3O. The van der Waals surface area contributed by atoms with Crippen LogP contribution in [0.4, 0.5) is 0 Å². The van der Waals surface area contributed by atoms with Crippen molar-refractivity contribution in [1.29, 1.82) is 0 Å². The third-order valence-corrected chi connectivity index (χ3v) is 3.64. The summed E-state index contributed by atoms with van der Waals surface area (Å²) in [7, 11) is 0. The normalized spacial score (nSPS) is 16.9. The first-order valence-electron chi connectivity index (χ1n) is 7.32. The van der Waals surface area contributed by atoms with Crippen LogP contribution in [0.3, 0.4) is 0 Å². The summed E-state index contributed by atoms with van der Waals surface area (Å²) in [6, 6.07) is 6.75. The van der Waals surface area contributed by atoms with Crippen LogP contribution >= 0.6 is 0 Å². The zero-order chi connectivity index (χ0) is 13.3. The predicted octanol–water partition coefficient (Wildman–Crippen LogP) is 1.67. The van der Waals surface area contributed by atoms with Gasteiger partial charge in [0.15, 0.2) is 0 Å². The lowest BCUT2D eigenvalue weighted by Gasteiger charge is -2.25. The first-order valence-corrected chi connectivity index (χ1v) is 7.32. The molecule has 4 nitrogen and oxygen atoms in total. The second kappa shape index (κ2) is 8.25. The molecule has 1 aromatic heterocycles. The van der Waals surface area contributed by atoms with Gasteiger partial charge in [-0.2, -0.15) is 0 Å². The van der Waals surface area contributed by atoms with Crippen molar-refractivity contribution in [2.24, 2.45) is 0 Å². The molecule has 2 heterocycles. The van der Waals surface area contributed by atoms with Gasteiger partial charge in [-0.05, 0) is 31.5 Å². The average molecular weight is 263 g/mol. The van der Waals surface area contributed by atoms with Crippen LogP contribution in [0.5, 0.6) is 0 Å². The molecule has 0 bridgehead atoms. The molecule has 1 saturated heterocycles. The van der Waals surface area contributed by atoms with E-state index >= 15 is 0 Å². The van der Waals surface area contributed by atoms with Crippen LogP contribution in [0, 0.1) is 0 Å². The largest absolute Gasteiger partial charge is 0.381 e. The number of rotatable bonds is 7. The quantitative estimate of drug-likeness (QED) is 0.812. The first-order chi connectivity index (χ1) is 9.38. The van der Waals surface area contributed by atoms with Gasteiger partial charge in [0.1, 0.15) is 0 Å². The van der Waals surface area contributed by atoms with Crippen molar-refractivity contribution >= 4 is 0 Å². The molecule has 0 unspecified atom stereocenters. The number of ether oxygens (including phenoxy) is 1. The summed E-state index contributed by atoms with van der Waals surface area (Å²) in [6.45, 7) is 8.14. The summed E-state index contributed by atoms with van der Waals surface area (Å²) in [4.78, 5) is 6.81. The molecule has 19 heavy (non-hydrogen) atoms. The molecule has 4 heteroatoms. The van der Waals surface area contributed by atoms with Crippen molar-refractivity contribution in [3.63, 3.8) is 0 Å². The summed E-state index contributed by atoms with van der Waals surface area (Å²) in [5.74, 6) is 0. The molecule has 1 N–H and O–H groups in total. The molecule has 0 aromatic carbocycles. The third-order valence-electron chi connectivity index (χ3n) is 3.64. The molecule has 1 aliphatic heterocycles. The van der Waals surface area contributed by atoms with E-state index in [1.165, 1.54) is 0 Å². The van der Waals surface area contributed by atoms with Gasteiger partial charge in [-0.1, -0.05) is 13.0 Å². The molecule has 2 rings (SSSR count). The lowest BCUT2D eigenvalue weighted by molar-refractivity contribution is 0.0772. The van der Waals surface area contributed by atoms with Gasteiger partial charge < -0.3 is 10.1 Å². The predicted molar refractivity (Wildman–Crippen MR) is 77.0 cm³/mol. The number of pyridine rings is 1. The molecular weight excluding hydrogens is 238 g/mol. The monoisotopic (exact) mass is 263 g/mol. The van der Waals surface area contributed by atoms with Crippen LogP contribution in [-0.4, -0.2) is 48.8 Å². The van der Waals surface area contributed by atoms with Crippen molar-refractivity contribution in [2.45, 2.75) is 32.4 Å². The van der Waals surface area contributed by atoms with E-state index in [0.717, 1.165) is 57.9 Å². The van der Waals surface area contributed by atoms with Gasteiger partial charge in [0.05, 0.1) is 5.69 Å². The fraction of sp³-hybridized carbons (Fsp3) is 0.667. The van der Waals surface area contributed by atoms with E-state index in [1.54, 1.807) is 0 Å². The third kappa shape index (κ3) is 5.27. The van der Waals surface area contributed by atoms with E-state index in [-0.39, 0.29) is 0 Å². The standard InChI is InChI=1S/C15H25N3O/c1-2-18(13-15-5-3-4-8-16-15)10-9-17-14-6-11-19-12-7-14/h3-5,8,14,17H,2,6-7,9-13H2,1H3. The van der Waals surface area contributed by atoms with E-state index < -0.39 is 0 Å². The Morgan fingerprint density at radius 1 is 1.37 bits per heavy atom. The summed E-state index contributed by atoms with van der Waals surface area (Å²) < 4.78 is 5.37. The molecule has 0 radical (unpaired) electrons. The maximum Gasteiger partial charge on any atom is 0.0543 e. The first kappa shape index (κ1) is 14.4. The van der Waals surface area contributed by atoms with Crippen LogP contribution < -0.4 is 5.32 Å². The number of hydrogen-bond donors (Lipinski definition) is 1. The Labute approximate surface area is 116 Å². The number of nitrogens with zero attached hydrogens (tertiary/aromatic N) is 2. The van der Waals surface area contributed by atoms with Crippen LogP contribution in [0.2, 0.25) is 0 Å². The fourth-order valence-corrected chi connectivity index (χ4v) is 2.40. The van der Waals surface area contributed by atoms with Gasteiger partial charge in [-0.15, -0.1) is 0 Å². The van der Waals surface area contributed by atoms with Gasteiger partial charge in [0, 0.05) is 45.1 Å². The minimum Gasteiger partial charge on any atom is -0.381 e. The molecule has 1 aromatic rings. The summed E-state index contributed by atoms with van der Waals surface area (Å²) in [5.41, 5.74) is 1.15. The lowest BCUT2D eigenvalue weighted by atomic mass is 10.1. The number of nitrogens with one attached hydrogen (secondary N) is 1. The Morgan fingerprint density at radius 3 is 2.89 bits per heavy atom. The molecule has 0 amide bonds. The maximum absolute atomic E-state index is 5.37. The van der Waals surface area contributed by atoms with Crippen molar-refractivity contribution < 1.29 is 4.74 Å². The Hall–Kier alpha value is -0.970. The zero-order valence-electron chi connectivity index (χ0n) is 11.8. The van der Waals surface area contributed by atoms with Gasteiger partial charge in [-0.3, -0.25) is 9.88 Å². The van der Waals surface area contributed by atoms with Crippen LogP contribution in [0.15, 0.2) is 24.4 Å². The van der Waals surface area contributed by atoms with Crippen LogP contribution in [0.1, 0.15) is 25.5 Å². The highest BCUT2D eigenvalue weighted by Crippen LogP contribution is 2.06. The Kier molecular flexibility index (Phi) is 6.27. The van der Waals surface area contributed by atoms with Crippen LogP contribution in [0.25, 0.3) is 0 Å². The maximum atomic E-state index is 5.37. The van der Waals surface area contributed by atoms with Gasteiger partial charge in [0.25, 0.3) is 0 Å². The summed E-state index contributed by atoms with van der Waals surface area (Å²) in [5, 5.41) is 3.63. The SMILES string of the molecule is CCN(CCNC1CCOCC1)Cc1ccccn1. The van der Waals surface area contributed by atoms with E-state index in [9.17, 15) is 0 Å². The number of likely N-dealkylation sites (N-methyl/N-ethyl adjacent to an activating group) is 1. The Morgan fingerprint density at radius 2 is 2.21 bits per heavy atom. The van der Waals surface area contributed by atoms with Crippen molar-refractivity contribution in [3.05, 3.63) is 30.1 Å². The second-order valence-electron chi connectivity index (χ2n) is 5.03. The number of aromatic nitrogens is 1. The Balaban J connectivity index is 1.67. The van der Waals surface area contributed by atoms with Gasteiger partial charge >= 0.3 is 0 Å². The van der Waals surface area contributed by atoms with E-state index in [2.05, 4.69) is 34.3 Å². The summed E-state index contributed by atoms with van der Waals surface area (Å²) >= 11 is 0. The second-order valence-corrected chi connectivity index (χ2v) is 5.03. The summed E-state index contributed by atoms with van der Waals surface area (Å²) in [6.07, 6.45) is 4.15. The van der Waals surface area contributed by atoms with Gasteiger partial charge in [-0.25, -0.2) is 0 Å². The van der Waals surface area contributed by atoms with Crippen molar-refractivity contribution in [2.75, 3.05) is 32.8 Å². The van der Waals surface area contributed by atoms with E-state index in [1.807, 2.05) is 12.3 Å². The molecule has 0 aliphatic carbocycles. The molecule has 1 fully saturated rings. The van der Waals surface area contributed by atoms with E-state index in [4.69, 9.17) is 4.74 Å². The van der Waals surface area contributed by atoms with Gasteiger partial charge in [0.2, 0.25) is 0 Å². The minimum absolute atomic E-state index is 0.641. The molecule has 0 spiro atoms. The zero-order valence-corrected chi connectivity index (χ0v) is 11.8.